The molecule has 0 aliphatic heterocycles. The molecule has 152 valence electrons. The molecule has 30 heavy (non-hydrogen) atoms. The molecule has 4 rings (SSSR count). The molecule has 0 spiro atoms. The fourth-order valence-corrected chi connectivity index (χ4v) is 3.24. The standard InChI is InChI=1S/C23H21ClN4O2/c1-27(14-15-30-20-12-10-19(24)11-13-20)23(29)18-8-6-17(7-9-18)16-28-22-5-3-2-4-21(22)25-26-28/h2-13H,14-16H2,1H3. The van der Waals surface area contributed by atoms with Gasteiger partial charge in [-0.15, -0.1) is 5.10 Å². The van der Waals surface area contributed by atoms with Gasteiger partial charge >= 0.3 is 0 Å². The molecule has 0 saturated carbocycles. The summed E-state index contributed by atoms with van der Waals surface area (Å²) < 4.78 is 7.52. The molecule has 7 heteroatoms. The molecular formula is C23H21ClN4O2. The van der Waals surface area contributed by atoms with E-state index in [1.54, 1.807) is 36.2 Å². The fourth-order valence-electron chi connectivity index (χ4n) is 3.11. The fraction of sp³-hybridized carbons (Fsp3) is 0.174. The highest BCUT2D eigenvalue weighted by Gasteiger charge is 2.12. The van der Waals surface area contributed by atoms with Crippen LogP contribution in [0.4, 0.5) is 0 Å². The minimum Gasteiger partial charge on any atom is -0.492 e. The number of halogens is 1. The molecule has 0 N–H and O–H groups in total. The number of hydrogen-bond acceptors (Lipinski definition) is 4. The lowest BCUT2D eigenvalue weighted by Crippen LogP contribution is -2.30. The third kappa shape index (κ3) is 4.60. The van der Waals surface area contributed by atoms with Crippen molar-refractivity contribution in [2.45, 2.75) is 6.54 Å². The number of likely N-dealkylation sites (N-methyl/N-ethyl adjacent to an activating group) is 1. The van der Waals surface area contributed by atoms with Gasteiger partial charge < -0.3 is 9.64 Å². The molecule has 0 aliphatic carbocycles. The molecule has 4 aromatic rings. The number of aromatic nitrogens is 3. The van der Waals surface area contributed by atoms with Crippen LogP contribution in [0.2, 0.25) is 5.02 Å². The molecule has 0 saturated heterocycles. The first-order chi connectivity index (χ1) is 14.6. The predicted molar refractivity (Wildman–Crippen MR) is 117 cm³/mol. The van der Waals surface area contributed by atoms with E-state index in [1.165, 1.54) is 0 Å². The van der Waals surface area contributed by atoms with Crippen LogP contribution in [0.3, 0.4) is 0 Å². The van der Waals surface area contributed by atoms with Crippen LogP contribution < -0.4 is 4.74 Å². The Labute approximate surface area is 179 Å². The number of carbonyl (C=O) groups is 1. The number of fused-ring (bicyclic) bond motifs is 1. The maximum Gasteiger partial charge on any atom is 0.253 e. The molecule has 0 atom stereocenters. The lowest BCUT2D eigenvalue weighted by Gasteiger charge is -2.18. The summed E-state index contributed by atoms with van der Waals surface area (Å²) in [6, 6.07) is 22.6. The first kappa shape index (κ1) is 19.9. The van der Waals surface area contributed by atoms with Crippen molar-refractivity contribution in [3.8, 4) is 5.75 Å². The number of hydrogen-bond donors (Lipinski definition) is 0. The number of rotatable bonds is 7. The molecule has 0 aliphatic rings. The Hall–Kier alpha value is -3.38. The molecule has 0 unspecified atom stereocenters. The molecule has 3 aromatic carbocycles. The Morgan fingerprint density at radius 3 is 2.53 bits per heavy atom. The number of ether oxygens (including phenoxy) is 1. The van der Waals surface area contributed by atoms with Crippen molar-refractivity contribution < 1.29 is 9.53 Å². The van der Waals surface area contributed by atoms with Gasteiger partial charge in [-0.1, -0.05) is 41.1 Å². The van der Waals surface area contributed by atoms with Crippen LogP contribution in [-0.4, -0.2) is 46.0 Å². The monoisotopic (exact) mass is 420 g/mol. The minimum absolute atomic E-state index is 0.0486. The largest absolute Gasteiger partial charge is 0.492 e. The van der Waals surface area contributed by atoms with Crippen LogP contribution >= 0.6 is 11.6 Å². The van der Waals surface area contributed by atoms with Crippen LogP contribution in [0.25, 0.3) is 11.0 Å². The molecule has 0 radical (unpaired) electrons. The minimum atomic E-state index is -0.0486. The van der Waals surface area contributed by atoms with Crippen LogP contribution in [0, 0.1) is 0 Å². The lowest BCUT2D eigenvalue weighted by atomic mass is 10.1. The Balaban J connectivity index is 1.33. The first-order valence-corrected chi connectivity index (χ1v) is 9.99. The van der Waals surface area contributed by atoms with Crippen molar-refractivity contribution in [1.29, 1.82) is 0 Å². The summed E-state index contributed by atoms with van der Waals surface area (Å²) in [6.45, 7) is 1.48. The van der Waals surface area contributed by atoms with E-state index >= 15 is 0 Å². The second kappa shape index (κ2) is 8.97. The number of carbonyl (C=O) groups excluding carboxylic acids is 1. The van der Waals surface area contributed by atoms with E-state index in [-0.39, 0.29) is 5.91 Å². The van der Waals surface area contributed by atoms with E-state index in [9.17, 15) is 4.79 Å². The molecule has 1 aromatic heterocycles. The number of para-hydroxylation sites is 1. The summed E-state index contributed by atoms with van der Waals surface area (Å²) >= 11 is 5.87. The van der Waals surface area contributed by atoms with Gasteiger partial charge in [0.15, 0.2) is 0 Å². The highest BCUT2D eigenvalue weighted by atomic mass is 35.5. The second-order valence-corrected chi connectivity index (χ2v) is 7.40. The van der Waals surface area contributed by atoms with E-state index in [0.717, 1.165) is 22.3 Å². The summed E-state index contributed by atoms with van der Waals surface area (Å²) in [7, 11) is 1.77. The third-order valence-corrected chi connectivity index (χ3v) is 5.06. The van der Waals surface area contributed by atoms with Crippen molar-refractivity contribution in [2.24, 2.45) is 0 Å². The molecule has 6 nitrogen and oxygen atoms in total. The summed E-state index contributed by atoms with van der Waals surface area (Å²) in [6.07, 6.45) is 0. The van der Waals surface area contributed by atoms with Gasteiger partial charge in [0, 0.05) is 17.6 Å². The zero-order chi connectivity index (χ0) is 20.9. The second-order valence-electron chi connectivity index (χ2n) is 6.96. The van der Waals surface area contributed by atoms with Crippen LogP contribution in [0.5, 0.6) is 5.75 Å². The van der Waals surface area contributed by atoms with Gasteiger partial charge in [0.25, 0.3) is 5.91 Å². The number of nitrogens with zero attached hydrogens (tertiary/aromatic N) is 4. The maximum atomic E-state index is 12.7. The van der Waals surface area contributed by atoms with Gasteiger partial charge in [-0.25, -0.2) is 4.68 Å². The predicted octanol–water partition coefficient (Wildman–Crippen LogP) is 4.28. The van der Waals surface area contributed by atoms with Crippen LogP contribution in [0.15, 0.2) is 72.8 Å². The summed E-state index contributed by atoms with van der Waals surface area (Å²) in [5.74, 6) is 0.678. The van der Waals surface area contributed by atoms with Gasteiger partial charge in [0.1, 0.15) is 17.9 Å². The van der Waals surface area contributed by atoms with Crippen LogP contribution in [0.1, 0.15) is 15.9 Å². The van der Waals surface area contributed by atoms with Gasteiger partial charge in [-0.2, -0.15) is 0 Å². The van der Waals surface area contributed by atoms with Crippen molar-refractivity contribution >= 4 is 28.5 Å². The van der Waals surface area contributed by atoms with Crippen LogP contribution in [-0.2, 0) is 6.54 Å². The zero-order valence-corrected chi connectivity index (χ0v) is 17.3. The van der Waals surface area contributed by atoms with Crippen molar-refractivity contribution in [3.05, 3.63) is 88.9 Å². The molecular weight excluding hydrogens is 400 g/mol. The van der Waals surface area contributed by atoms with Gasteiger partial charge in [-0.3, -0.25) is 4.79 Å². The Kier molecular flexibility index (Phi) is 5.95. The van der Waals surface area contributed by atoms with E-state index in [4.69, 9.17) is 16.3 Å². The first-order valence-electron chi connectivity index (χ1n) is 9.61. The highest BCUT2D eigenvalue weighted by molar-refractivity contribution is 6.30. The molecule has 0 fully saturated rings. The number of amides is 1. The number of benzene rings is 3. The van der Waals surface area contributed by atoms with Gasteiger partial charge in [0.2, 0.25) is 0 Å². The Morgan fingerprint density at radius 1 is 1.03 bits per heavy atom. The van der Waals surface area contributed by atoms with Crippen molar-refractivity contribution in [1.82, 2.24) is 19.9 Å². The smallest absolute Gasteiger partial charge is 0.253 e. The Bertz CT molecular complexity index is 1140. The summed E-state index contributed by atoms with van der Waals surface area (Å²) in [5, 5.41) is 9.04. The SMILES string of the molecule is CN(CCOc1ccc(Cl)cc1)C(=O)c1ccc(Cn2nnc3ccccc32)cc1. The average molecular weight is 421 g/mol. The Morgan fingerprint density at radius 2 is 1.77 bits per heavy atom. The van der Waals surface area contributed by atoms with E-state index in [0.29, 0.717) is 30.3 Å². The normalized spacial score (nSPS) is 10.9. The third-order valence-electron chi connectivity index (χ3n) is 4.81. The summed E-state index contributed by atoms with van der Waals surface area (Å²) in [5.41, 5.74) is 3.54. The zero-order valence-electron chi connectivity index (χ0n) is 16.5. The molecule has 1 amide bonds. The lowest BCUT2D eigenvalue weighted by molar-refractivity contribution is 0.0774. The summed E-state index contributed by atoms with van der Waals surface area (Å²) in [4.78, 5) is 14.3. The molecule has 0 bridgehead atoms. The van der Waals surface area contributed by atoms with Gasteiger partial charge in [-0.05, 0) is 54.1 Å². The highest BCUT2D eigenvalue weighted by Crippen LogP contribution is 2.16. The topological polar surface area (TPSA) is 60.2 Å². The van der Waals surface area contributed by atoms with Gasteiger partial charge in [0.05, 0.1) is 18.6 Å². The molecule has 1 heterocycles. The van der Waals surface area contributed by atoms with Crippen molar-refractivity contribution in [3.63, 3.8) is 0 Å². The van der Waals surface area contributed by atoms with E-state index in [2.05, 4.69) is 10.3 Å². The van der Waals surface area contributed by atoms with E-state index in [1.807, 2.05) is 53.2 Å². The van der Waals surface area contributed by atoms with Crippen molar-refractivity contribution in [2.75, 3.05) is 20.2 Å². The van der Waals surface area contributed by atoms with E-state index < -0.39 is 0 Å². The average Bonchev–Trinajstić information content (AvgIpc) is 3.18. The maximum absolute atomic E-state index is 12.7. The quantitative estimate of drug-likeness (QED) is 0.447.